The van der Waals surface area contributed by atoms with Crippen molar-refractivity contribution >= 4 is 25.7 Å². The highest BCUT2D eigenvalue weighted by Crippen LogP contribution is 2.43. The lowest BCUT2D eigenvalue weighted by Gasteiger charge is -2.20. The fourth-order valence-electron chi connectivity index (χ4n) is 3.53. The fraction of sp³-hybridized carbons (Fsp3) is 0.559. The van der Waals surface area contributed by atoms with Crippen LogP contribution in [0.25, 0.3) is 0 Å². The molecule has 0 aliphatic heterocycles. The molecule has 2 unspecified atom stereocenters. The third-order valence-electron chi connectivity index (χ3n) is 6.04. The van der Waals surface area contributed by atoms with Gasteiger partial charge in [-0.05, 0) is 44.9 Å². The molecular formula is C34H54NO10P. The minimum atomic E-state index is -4.73. The maximum absolute atomic E-state index is 12.5. The average molecular weight is 668 g/mol. The van der Waals surface area contributed by atoms with Gasteiger partial charge in [-0.25, -0.2) is 4.57 Å². The van der Waals surface area contributed by atoms with Gasteiger partial charge in [-0.15, -0.1) is 0 Å². The number of rotatable bonds is 28. The number of hydrogen-bond donors (Lipinski definition) is 3. The molecule has 3 atom stereocenters. The predicted molar refractivity (Wildman–Crippen MR) is 180 cm³/mol. The van der Waals surface area contributed by atoms with Crippen molar-refractivity contribution in [1.82, 2.24) is 0 Å². The highest BCUT2D eigenvalue weighted by molar-refractivity contribution is 7.47. The second-order valence-electron chi connectivity index (χ2n) is 10.3. The van der Waals surface area contributed by atoms with E-state index in [9.17, 15) is 23.8 Å². The van der Waals surface area contributed by atoms with Gasteiger partial charge >= 0.3 is 25.7 Å². The van der Waals surface area contributed by atoms with Crippen LogP contribution in [-0.4, -0.2) is 59.9 Å². The zero-order valence-corrected chi connectivity index (χ0v) is 28.3. The van der Waals surface area contributed by atoms with E-state index < -0.39 is 57.7 Å². The third kappa shape index (κ3) is 28.4. The molecule has 0 rings (SSSR count). The summed E-state index contributed by atoms with van der Waals surface area (Å²) in [5.74, 6) is -2.58. The molecule has 0 radical (unpaired) electrons. The van der Waals surface area contributed by atoms with Crippen molar-refractivity contribution in [3.05, 3.63) is 72.9 Å². The Labute approximate surface area is 274 Å². The van der Waals surface area contributed by atoms with Gasteiger partial charge in [0.1, 0.15) is 12.6 Å². The highest BCUT2D eigenvalue weighted by atomic mass is 31.2. The summed E-state index contributed by atoms with van der Waals surface area (Å²) in [5, 5.41) is 8.81. The lowest BCUT2D eigenvalue weighted by atomic mass is 10.1. The number of hydrogen-bond acceptors (Lipinski definition) is 9. The van der Waals surface area contributed by atoms with Crippen molar-refractivity contribution in [3.8, 4) is 0 Å². The molecular weight excluding hydrogens is 613 g/mol. The number of ether oxygens (including phenoxy) is 2. The first kappa shape index (κ1) is 42.9. The summed E-state index contributed by atoms with van der Waals surface area (Å²) in [4.78, 5) is 45.4. The quantitative estimate of drug-likeness (QED) is 0.0257. The van der Waals surface area contributed by atoms with Gasteiger partial charge in [0.2, 0.25) is 0 Å². The number of unbranched alkanes of at least 4 members (excludes halogenated alkanes) is 5. The summed E-state index contributed by atoms with van der Waals surface area (Å²) in [5.41, 5.74) is 5.28. The Balaban J connectivity index is 4.68. The van der Waals surface area contributed by atoms with E-state index in [2.05, 4.69) is 42.7 Å². The van der Waals surface area contributed by atoms with Crippen LogP contribution >= 0.6 is 7.82 Å². The number of esters is 2. The summed E-state index contributed by atoms with van der Waals surface area (Å²) >= 11 is 0. The number of carboxylic acid groups (broad SMARTS) is 1. The molecule has 0 spiro atoms. The van der Waals surface area contributed by atoms with Crippen LogP contribution in [0.4, 0.5) is 0 Å². The molecule has 0 amide bonds. The van der Waals surface area contributed by atoms with Crippen LogP contribution in [-0.2, 0) is 37.5 Å². The van der Waals surface area contributed by atoms with E-state index in [-0.39, 0.29) is 12.8 Å². The van der Waals surface area contributed by atoms with Crippen molar-refractivity contribution in [1.29, 1.82) is 0 Å². The number of carboxylic acids is 1. The lowest BCUT2D eigenvalue weighted by molar-refractivity contribution is -0.160. The van der Waals surface area contributed by atoms with E-state index in [1.165, 1.54) is 0 Å². The predicted octanol–water partition coefficient (Wildman–Crippen LogP) is 7.05. The Morgan fingerprint density at radius 1 is 0.717 bits per heavy atom. The molecule has 260 valence electrons. The molecule has 0 aromatic heterocycles. The Morgan fingerprint density at radius 3 is 1.98 bits per heavy atom. The maximum atomic E-state index is 12.5. The first-order valence-electron chi connectivity index (χ1n) is 16.0. The molecule has 0 aromatic carbocycles. The second-order valence-corrected chi connectivity index (χ2v) is 11.7. The zero-order chi connectivity index (χ0) is 34.3. The molecule has 0 bridgehead atoms. The van der Waals surface area contributed by atoms with Gasteiger partial charge < -0.3 is 25.2 Å². The number of carbonyl (C=O) groups excluding carboxylic acids is 2. The first-order chi connectivity index (χ1) is 22.1. The molecule has 46 heavy (non-hydrogen) atoms. The zero-order valence-electron chi connectivity index (χ0n) is 27.4. The molecule has 0 aliphatic rings. The molecule has 0 aromatic rings. The Hall–Kier alpha value is -3.08. The molecule has 0 aliphatic carbocycles. The van der Waals surface area contributed by atoms with E-state index in [4.69, 9.17) is 24.8 Å². The van der Waals surface area contributed by atoms with Crippen LogP contribution in [0.5, 0.6) is 0 Å². The smallest absolute Gasteiger partial charge is 0.472 e. The third-order valence-corrected chi connectivity index (χ3v) is 6.99. The Bertz CT molecular complexity index is 1060. The molecule has 12 heteroatoms. The van der Waals surface area contributed by atoms with Crippen LogP contribution in [0.1, 0.15) is 90.9 Å². The van der Waals surface area contributed by atoms with Crippen LogP contribution in [0.3, 0.4) is 0 Å². The molecule has 4 N–H and O–H groups in total. The van der Waals surface area contributed by atoms with Crippen molar-refractivity contribution in [3.63, 3.8) is 0 Å². The first-order valence-corrected chi connectivity index (χ1v) is 17.5. The van der Waals surface area contributed by atoms with Crippen LogP contribution in [0, 0.1) is 0 Å². The number of carbonyl (C=O) groups is 3. The van der Waals surface area contributed by atoms with Gasteiger partial charge in [-0.2, -0.15) is 0 Å². The number of phosphoric ester groups is 1. The average Bonchev–Trinajstić information content (AvgIpc) is 3.02. The summed E-state index contributed by atoms with van der Waals surface area (Å²) in [6.07, 6.45) is 31.8. The molecule has 0 saturated carbocycles. The highest BCUT2D eigenvalue weighted by Gasteiger charge is 2.28. The molecule has 11 nitrogen and oxygen atoms in total. The summed E-state index contributed by atoms with van der Waals surface area (Å²) in [6.45, 7) is 2.35. The van der Waals surface area contributed by atoms with Crippen molar-refractivity contribution in [2.24, 2.45) is 5.73 Å². The maximum Gasteiger partial charge on any atom is 0.472 e. The topological polar surface area (TPSA) is 172 Å². The van der Waals surface area contributed by atoms with Crippen molar-refractivity contribution in [2.75, 3.05) is 19.8 Å². The van der Waals surface area contributed by atoms with E-state index in [1.54, 1.807) is 6.08 Å². The van der Waals surface area contributed by atoms with Gasteiger partial charge in [-0.3, -0.25) is 23.4 Å². The van der Waals surface area contributed by atoms with Gasteiger partial charge in [0.25, 0.3) is 0 Å². The monoisotopic (exact) mass is 667 g/mol. The molecule has 0 fully saturated rings. The lowest BCUT2D eigenvalue weighted by Crippen LogP contribution is -2.34. The largest absolute Gasteiger partial charge is 0.480 e. The normalized spacial score (nSPS) is 15.0. The summed E-state index contributed by atoms with van der Waals surface area (Å²) in [6, 6.07) is -1.54. The fourth-order valence-corrected chi connectivity index (χ4v) is 4.31. The summed E-state index contributed by atoms with van der Waals surface area (Å²) in [7, 11) is -4.73. The Morgan fingerprint density at radius 2 is 1.30 bits per heavy atom. The van der Waals surface area contributed by atoms with Gasteiger partial charge in [-0.1, -0.05) is 106 Å². The standard InChI is InChI=1S/C34H54NO10P/c1-3-5-7-9-11-13-14-15-16-18-20-22-24-26-33(37)45-30(28-43-46(40,41)44-29-31(35)34(38)39)27-42-32(36)25-23-21-19-17-12-10-8-6-4-2/h5-9,11-14,17,21,23,30-31H,3-4,10,15-16,18-20,22,24-29,35H2,1-2H3,(H,38,39)(H,40,41)/b7-5+,8-6+,11-9+,14-13+,17-12+,23-21+/t30?,31-/m0/s1. The molecule has 0 saturated heterocycles. The number of phosphoric acid groups is 1. The van der Waals surface area contributed by atoms with Crippen LogP contribution in [0.2, 0.25) is 0 Å². The van der Waals surface area contributed by atoms with Crippen molar-refractivity contribution < 1.29 is 47.5 Å². The Kier molecular flexibility index (Phi) is 27.4. The number of allylic oxidation sites excluding steroid dienone is 11. The van der Waals surface area contributed by atoms with Crippen LogP contribution < -0.4 is 5.73 Å². The minimum Gasteiger partial charge on any atom is -0.480 e. The molecule has 0 heterocycles. The number of nitrogens with two attached hydrogens (primary N) is 1. The van der Waals surface area contributed by atoms with Gasteiger partial charge in [0, 0.05) is 6.42 Å². The second kappa shape index (κ2) is 29.3. The van der Waals surface area contributed by atoms with Gasteiger partial charge in [0.15, 0.2) is 6.10 Å². The van der Waals surface area contributed by atoms with E-state index in [0.29, 0.717) is 12.8 Å². The van der Waals surface area contributed by atoms with E-state index in [0.717, 1.165) is 51.4 Å². The van der Waals surface area contributed by atoms with E-state index in [1.807, 2.05) is 42.5 Å². The summed E-state index contributed by atoms with van der Waals surface area (Å²) < 4.78 is 32.2. The SMILES string of the molecule is CC/C=C/C=C/C=C/CCCCCCCC(=O)OC(COC(=O)C/C=C/C/C=C/C/C=C/CC)COP(=O)(O)OC[C@H](N)C(=O)O. The minimum absolute atomic E-state index is 0.0113. The number of aliphatic carboxylic acids is 1. The van der Waals surface area contributed by atoms with E-state index >= 15 is 0 Å². The van der Waals surface area contributed by atoms with Crippen LogP contribution in [0.15, 0.2) is 72.9 Å². The van der Waals surface area contributed by atoms with Crippen molar-refractivity contribution in [2.45, 2.75) is 103 Å². The van der Waals surface area contributed by atoms with Gasteiger partial charge in [0.05, 0.1) is 19.6 Å².